The van der Waals surface area contributed by atoms with E-state index in [1.54, 1.807) is 0 Å². The normalized spacial score (nSPS) is 39.4. The van der Waals surface area contributed by atoms with Crippen molar-refractivity contribution in [3.63, 3.8) is 0 Å². The van der Waals surface area contributed by atoms with Crippen molar-refractivity contribution < 1.29 is 0 Å². The van der Waals surface area contributed by atoms with Crippen molar-refractivity contribution in [2.24, 2.45) is 17.6 Å². The van der Waals surface area contributed by atoms with Gasteiger partial charge in [0.2, 0.25) is 0 Å². The van der Waals surface area contributed by atoms with E-state index >= 15 is 0 Å². The van der Waals surface area contributed by atoms with E-state index < -0.39 is 0 Å². The quantitative estimate of drug-likeness (QED) is 0.798. The zero-order valence-corrected chi connectivity index (χ0v) is 11.2. The monoisotopic (exact) mass is 224 g/mol. The van der Waals surface area contributed by atoms with Gasteiger partial charge in [-0.1, -0.05) is 27.2 Å². The van der Waals surface area contributed by atoms with Gasteiger partial charge in [0.25, 0.3) is 0 Å². The molecule has 0 aromatic heterocycles. The van der Waals surface area contributed by atoms with Gasteiger partial charge in [-0.2, -0.15) is 0 Å². The molecule has 0 aromatic rings. The van der Waals surface area contributed by atoms with Gasteiger partial charge in [-0.25, -0.2) is 0 Å². The van der Waals surface area contributed by atoms with E-state index in [0.717, 1.165) is 31.0 Å². The second-order valence-corrected chi connectivity index (χ2v) is 6.44. The fourth-order valence-electron chi connectivity index (χ4n) is 3.53. The Balaban J connectivity index is 1.79. The molecule has 16 heavy (non-hydrogen) atoms. The molecule has 2 rings (SSSR count). The average Bonchev–Trinajstić information content (AvgIpc) is 2.19. The van der Waals surface area contributed by atoms with E-state index in [9.17, 15) is 0 Å². The molecule has 2 aliphatic rings. The Bertz CT molecular complexity index is 233. The highest BCUT2D eigenvalue weighted by Crippen LogP contribution is 2.36. The highest BCUT2D eigenvalue weighted by Gasteiger charge is 2.42. The largest absolute Gasteiger partial charge is 0.323 e. The smallest absolute Gasteiger partial charge is 0.0412 e. The third-order valence-corrected chi connectivity index (χ3v) is 4.87. The first-order valence-corrected chi connectivity index (χ1v) is 7.07. The molecule has 2 fully saturated rings. The van der Waals surface area contributed by atoms with Gasteiger partial charge in [-0.05, 0) is 37.5 Å². The minimum Gasteiger partial charge on any atom is -0.323 e. The van der Waals surface area contributed by atoms with Crippen molar-refractivity contribution in [3.05, 3.63) is 0 Å². The number of likely N-dealkylation sites (tertiary alicyclic amines) is 1. The SMILES string of the molecule is CCCC1(N)CN(C2CCC(C)C(C)C2)C1. The summed E-state index contributed by atoms with van der Waals surface area (Å²) < 4.78 is 0. The van der Waals surface area contributed by atoms with Crippen molar-refractivity contribution >= 4 is 0 Å². The molecular weight excluding hydrogens is 196 g/mol. The Morgan fingerprint density at radius 1 is 1.19 bits per heavy atom. The second-order valence-electron chi connectivity index (χ2n) is 6.44. The molecule has 2 N–H and O–H groups in total. The third-order valence-electron chi connectivity index (χ3n) is 4.87. The number of hydrogen-bond donors (Lipinski definition) is 1. The summed E-state index contributed by atoms with van der Waals surface area (Å²) in [4.78, 5) is 2.64. The molecule has 1 saturated carbocycles. The molecule has 1 aliphatic carbocycles. The van der Waals surface area contributed by atoms with E-state index in [0.29, 0.717) is 0 Å². The summed E-state index contributed by atoms with van der Waals surface area (Å²) in [5.41, 5.74) is 6.48. The van der Waals surface area contributed by atoms with Crippen molar-refractivity contribution in [1.82, 2.24) is 4.90 Å². The van der Waals surface area contributed by atoms with Crippen LogP contribution in [0.3, 0.4) is 0 Å². The van der Waals surface area contributed by atoms with Crippen LogP contribution in [-0.2, 0) is 0 Å². The van der Waals surface area contributed by atoms with Crippen LogP contribution in [-0.4, -0.2) is 29.6 Å². The lowest BCUT2D eigenvalue weighted by molar-refractivity contribution is -0.00520. The van der Waals surface area contributed by atoms with Gasteiger partial charge < -0.3 is 5.73 Å². The summed E-state index contributed by atoms with van der Waals surface area (Å²) in [7, 11) is 0. The highest BCUT2D eigenvalue weighted by atomic mass is 15.3. The maximum Gasteiger partial charge on any atom is 0.0412 e. The maximum atomic E-state index is 6.33. The molecule has 2 heteroatoms. The molecule has 94 valence electrons. The first-order chi connectivity index (χ1) is 7.54. The molecule has 3 unspecified atom stereocenters. The first-order valence-electron chi connectivity index (χ1n) is 7.07. The standard InChI is InChI=1S/C14H28N2/c1-4-7-14(15)9-16(10-14)13-6-5-11(2)12(3)8-13/h11-13H,4-10,15H2,1-3H3. The van der Waals surface area contributed by atoms with Gasteiger partial charge in [0, 0.05) is 24.7 Å². The lowest BCUT2D eigenvalue weighted by Crippen LogP contribution is -2.69. The van der Waals surface area contributed by atoms with E-state index in [1.165, 1.54) is 32.1 Å². The molecule has 1 heterocycles. The zero-order chi connectivity index (χ0) is 11.8. The minimum absolute atomic E-state index is 0.154. The Morgan fingerprint density at radius 2 is 1.88 bits per heavy atom. The summed E-state index contributed by atoms with van der Waals surface area (Å²) in [5.74, 6) is 1.83. The molecular formula is C14H28N2. The van der Waals surface area contributed by atoms with Gasteiger partial charge in [0.05, 0.1) is 0 Å². The number of nitrogens with zero attached hydrogens (tertiary/aromatic N) is 1. The predicted molar refractivity (Wildman–Crippen MR) is 69.4 cm³/mol. The topological polar surface area (TPSA) is 29.3 Å². The fourth-order valence-corrected chi connectivity index (χ4v) is 3.53. The van der Waals surface area contributed by atoms with Crippen molar-refractivity contribution in [2.45, 2.75) is 64.5 Å². The molecule has 1 saturated heterocycles. The number of nitrogens with two attached hydrogens (primary N) is 1. The van der Waals surface area contributed by atoms with Crippen LogP contribution in [0, 0.1) is 11.8 Å². The van der Waals surface area contributed by atoms with Crippen LogP contribution in [0.1, 0.15) is 52.9 Å². The Kier molecular flexibility index (Phi) is 3.60. The number of rotatable bonds is 3. The van der Waals surface area contributed by atoms with Gasteiger partial charge >= 0.3 is 0 Å². The van der Waals surface area contributed by atoms with Crippen LogP contribution >= 0.6 is 0 Å². The molecule has 0 aromatic carbocycles. The molecule has 0 amide bonds. The van der Waals surface area contributed by atoms with Gasteiger partial charge in [-0.15, -0.1) is 0 Å². The van der Waals surface area contributed by atoms with Crippen LogP contribution in [0.5, 0.6) is 0 Å². The molecule has 2 nitrogen and oxygen atoms in total. The fraction of sp³-hybridized carbons (Fsp3) is 1.00. The van der Waals surface area contributed by atoms with Gasteiger partial charge in [0.15, 0.2) is 0 Å². The minimum atomic E-state index is 0.154. The summed E-state index contributed by atoms with van der Waals surface area (Å²) in [6.45, 7) is 9.35. The van der Waals surface area contributed by atoms with Crippen molar-refractivity contribution in [3.8, 4) is 0 Å². The average molecular weight is 224 g/mol. The Hall–Kier alpha value is -0.0800. The lowest BCUT2D eigenvalue weighted by Gasteiger charge is -2.53. The summed E-state index contributed by atoms with van der Waals surface area (Å²) in [5, 5.41) is 0. The lowest BCUT2D eigenvalue weighted by atomic mass is 9.76. The number of hydrogen-bond acceptors (Lipinski definition) is 2. The molecule has 3 atom stereocenters. The van der Waals surface area contributed by atoms with Crippen molar-refractivity contribution in [2.75, 3.05) is 13.1 Å². The van der Waals surface area contributed by atoms with Crippen LogP contribution in [0.4, 0.5) is 0 Å². The molecule has 1 aliphatic heterocycles. The molecule has 0 radical (unpaired) electrons. The third kappa shape index (κ3) is 2.43. The van der Waals surface area contributed by atoms with E-state index in [2.05, 4.69) is 25.7 Å². The zero-order valence-electron chi connectivity index (χ0n) is 11.2. The van der Waals surface area contributed by atoms with Gasteiger partial charge in [0.1, 0.15) is 0 Å². The molecule has 0 spiro atoms. The van der Waals surface area contributed by atoms with Crippen LogP contribution < -0.4 is 5.73 Å². The summed E-state index contributed by atoms with van der Waals surface area (Å²) in [6.07, 6.45) is 6.62. The first kappa shape index (κ1) is 12.4. The maximum absolute atomic E-state index is 6.33. The highest BCUT2D eigenvalue weighted by molar-refractivity contribution is 5.02. The van der Waals surface area contributed by atoms with Crippen molar-refractivity contribution in [1.29, 1.82) is 0 Å². The van der Waals surface area contributed by atoms with E-state index in [4.69, 9.17) is 5.73 Å². The van der Waals surface area contributed by atoms with Crippen LogP contribution in [0.15, 0.2) is 0 Å². The van der Waals surface area contributed by atoms with Gasteiger partial charge in [-0.3, -0.25) is 4.90 Å². The second kappa shape index (κ2) is 4.66. The molecule has 0 bridgehead atoms. The van der Waals surface area contributed by atoms with E-state index in [-0.39, 0.29) is 5.54 Å². The van der Waals surface area contributed by atoms with E-state index in [1.807, 2.05) is 0 Å². The predicted octanol–water partition coefficient (Wildman–Crippen LogP) is 2.62. The Labute approximate surface area is 101 Å². The van der Waals surface area contributed by atoms with Crippen LogP contribution in [0.25, 0.3) is 0 Å². The Morgan fingerprint density at radius 3 is 2.44 bits per heavy atom. The summed E-state index contributed by atoms with van der Waals surface area (Å²) in [6, 6.07) is 0.833. The van der Waals surface area contributed by atoms with Crippen LogP contribution in [0.2, 0.25) is 0 Å². The summed E-state index contributed by atoms with van der Waals surface area (Å²) >= 11 is 0.